The third-order valence-electron chi connectivity index (χ3n) is 4.45. The van der Waals surface area contributed by atoms with Gasteiger partial charge in [0, 0.05) is 12.5 Å². The predicted octanol–water partition coefficient (Wildman–Crippen LogP) is 3.04. The molecule has 3 atom stereocenters. The predicted molar refractivity (Wildman–Crippen MR) is 71.7 cm³/mol. The van der Waals surface area contributed by atoms with Crippen molar-refractivity contribution < 1.29 is 9.84 Å². The highest BCUT2D eigenvalue weighted by Gasteiger charge is 2.29. The Balaban J connectivity index is 1.58. The molecule has 0 amide bonds. The first kappa shape index (κ1) is 12.2. The normalized spacial score (nSPS) is 28.3. The zero-order valence-electron chi connectivity index (χ0n) is 10.8. The third kappa shape index (κ3) is 2.45. The number of hydrogen-bond acceptors (Lipinski definition) is 2. The monoisotopic (exact) mass is 246 g/mol. The molecule has 0 aromatic heterocycles. The van der Waals surface area contributed by atoms with Crippen LogP contribution in [-0.2, 0) is 11.2 Å². The van der Waals surface area contributed by atoms with Gasteiger partial charge >= 0.3 is 0 Å². The Morgan fingerprint density at radius 3 is 3.00 bits per heavy atom. The molecule has 0 bridgehead atoms. The van der Waals surface area contributed by atoms with Gasteiger partial charge in [-0.2, -0.15) is 0 Å². The average molecular weight is 246 g/mol. The molecule has 1 saturated heterocycles. The minimum atomic E-state index is -0.196. The maximum absolute atomic E-state index is 10.4. The van der Waals surface area contributed by atoms with E-state index in [1.54, 1.807) is 0 Å². The molecule has 1 aromatic rings. The molecule has 1 aromatic carbocycles. The second-order valence-corrected chi connectivity index (χ2v) is 5.62. The van der Waals surface area contributed by atoms with Crippen molar-refractivity contribution in [3.05, 3.63) is 35.4 Å². The Kier molecular flexibility index (Phi) is 3.67. The zero-order chi connectivity index (χ0) is 12.4. The van der Waals surface area contributed by atoms with Crippen molar-refractivity contribution in [3.8, 4) is 0 Å². The summed E-state index contributed by atoms with van der Waals surface area (Å²) in [6, 6.07) is 8.56. The van der Waals surface area contributed by atoms with Crippen molar-refractivity contribution in [3.63, 3.8) is 0 Å². The molecule has 0 saturated carbocycles. The molecule has 2 aliphatic rings. The van der Waals surface area contributed by atoms with Crippen LogP contribution < -0.4 is 0 Å². The van der Waals surface area contributed by atoms with E-state index >= 15 is 0 Å². The summed E-state index contributed by atoms with van der Waals surface area (Å²) in [6.45, 7) is 0.910. The van der Waals surface area contributed by atoms with E-state index in [1.807, 2.05) is 0 Å². The van der Waals surface area contributed by atoms with Crippen LogP contribution in [0.5, 0.6) is 0 Å². The zero-order valence-corrected chi connectivity index (χ0v) is 10.8. The number of aliphatic hydroxyl groups is 1. The van der Waals surface area contributed by atoms with Crippen LogP contribution in [0.1, 0.15) is 49.1 Å². The molecule has 0 spiro atoms. The fourth-order valence-electron chi connectivity index (χ4n) is 3.42. The summed E-state index contributed by atoms with van der Waals surface area (Å²) in [7, 11) is 0. The molecular weight excluding hydrogens is 224 g/mol. The summed E-state index contributed by atoms with van der Waals surface area (Å²) in [4.78, 5) is 0. The lowest BCUT2D eigenvalue weighted by Gasteiger charge is -2.20. The third-order valence-corrected chi connectivity index (χ3v) is 4.45. The number of aliphatic hydroxyl groups excluding tert-OH is 1. The number of fused-ring (bicyclic) bond motifs is 1. The van der Waals surface area contributed by atoms with Crippen LogP contribution >= 0.6 is 0 Å². The number of rotatable bonds is 4. The lowest BCUT2D eigenvalue weighted by atomic mass is 9.91. The van der Waals surface area contributed by atoms with Gasteiger partial charge in [-0.3, -0.25) is 0 Å². The molecule has 2 nitrogen and oxygen atoms in total. The summed E-state index contributed by atoms with van der Waals surface area (Å²) < 4.78 is 5.62. The van der Waals surface area contributed by atoms with Crippen LogP contribution in [0.2, 0.25) is 0 Å². The molecule has 1 heterocycles. The summed E-state index contributed by atoms with van der Waals surface area (Å²) in [5.74, 6) is 0.350. The molecule has 3 unspecified atom stereocenters. The van der Waals surface area contributed by atoms with E-state index in [1.165, 1.54) is 24.0 Å². The van der Waals surface area contributed by atoms with E-state index in [2.05, 4.69) is 24.3 Å². The van der Waals surface area contributed by atoms with Crippen LogP contribution in [0, 0.1) is 0 Å². The average Bonchev–Trinajstić information content (AvgIpc) is 3.05. The molecule has 0 radical (unpaired) electrons. The van der Waals surface area contributed by atoms with E-state index in [4.69, 9.17) is 4.74 Å². The molecule has 2 heteroatoms. The smallest absolute Gasteiger partial charge is 0.0609 e. The van der Waals surface area contributed by atoms with Crippen molar-refractivity contribution in [1.82, 2.24) is 0 Å². The number of benzene rings is 1. The van der Waals surface area contributed by atoms with E-state index in [0.29, 0.717) is 12.0 Å². The van der Waals surface area contributed by atoms with Crippen molar-refractivity contribution >= 4 is 0 Å². The molecule has 1 aliphatic carbocycles. The van der Waals surface area contributed by atoms with Gasteiger partial charge < -0.3 is 9.84 Å². The fourth-order valence-corrected chi connectivity index (χ4v) is 3.42. The van der Waals surface area contributed by atoms with Gasteiger partial charge in [-0.1, -0.05) is 24.3 Å². The Morgan fingerprint density at radius 2 is 2.17 bits per heavy atom. The number of hydrogen-bond donors (Lipinski definition) is 1. The van der Waals surface area contributed by atoms with Crippen molar-refractivity contribution in [1.29, 1.82) is 0 Å². The molecule has 3 rings (SSSR count). The van der Waals surface area contributed by atoms with Crippen molar-refractivity contribution in [2.24, 2.45) is 0 Å². The van der Waals surface area contributed by atoms with E-state index in [0.717, 1.165) is 32.3 Å². The second kappa shape index (κ2) is 5.41. The van der Waals surface area contributed by atoms with Gasteiger partial charge in [-0.15, -0.1) is 0 Å². The molecule has 1 fully saturated rings. The molecule has 1 N–H and O–H groups in total. The Hall–Kier alpha value is -0.860. The molecular formula is C16H22O2. The molecule has 1 aliphatic heterocycles. The van der Waals surface area contributed by atoms with Crippen molar-refractivity contribution in [2.75, 3.05) is 6.61 Å². The van der Waals surface area contributed by atoms with Gasteiger partial charge in [0.25, 0.3) is 0 Å². The van der Waals surface area contributed by atoms with E-state index in [-0.39, 0.29) is 6.10 Å². The van der Waals surface area contributed by atoms with Crippen LogP contribution in [0.15, 0.2) is 24.3 Å². The molecule has 98 valence electrons. The topological polar surface area (TPSA) is 29.5 Å². The van der Waals surface area contributed by atoms with Crippen LogP contribution in [-0.4, -0.2) is 23.9 Å². The lowest BCUT2D eigenvalue weighted by Crippen LogP contribution is -2.19. The fraction of sp³-hybridized carbons (Fsp3) is 0.625. The van der Waals surface area contributed by atoms with Gasteiger partial charge in [0.15, 0.2) is 0 Å². The van der Waals surface area contributed by atoms with Gasteiger partial charge in [0.2, 0.25) is 0 Å². The maximum Gasteiger partial charge on any atom is 0.0609 e. The summed E-state index contributed by atoms with van der Waals surface area (Å²) in [5.41, 5.74) is 2.80. The highest BCUT2D eigenvalue weighted by Crippen LogP contribution is 2.37. The van der Waals surface area contributed by atoms with Crippen LogP contribution in [0.3, 0.4) is 0 Å². The van der Waals surface area contributed by atoms with Crippen molar-refractivity contribution in [2.45, 2.75) is 56.7 Å². The van der Waals surface area contributed by atoms with Crippen LogP contribution in [0.25, 0.3) is 0 Å². The maximum atomic E-state index is 10.4. The summed E-state index contributed by atoms with van der Waals surface area (Å²) >= 11 is 0. The van der Waals surface area contributed by atoms with E-state index < -0.39 is 0 Å². The first-order chi connectivity index (χ1) is 8.84. The SMILES string of the molecule is OC(CCC1CCCO1)C1CCc2ccccc21. The minimum absolute atomic E-state index is 0.196. The van der Waals surface area contributed by atoms with Gasteiger partial charge in [0.1, 0.15) is 0 Å². The van der Waals surface area contributed by atoms with Gasteiger partial charge in [-0.05, 0) is 49.7 Å². The Bertz CT molecular complexity index is 396. The second-order valence-electron chi connectivity index (χ2n) is 5.62. The Morgan fingerprint density at radius 1 is 1.28 bits per heavy atom. The van der Waals surface area contributed by atoms with Crippen LogP contribution in [0.4, 0.5) is 0 Å². The first-order valence-electron chi connectivity index (χ1n) is 7.22. The largest absolute Gasteiger partial charge is 0.392 e. The minimum Gasteiger partial charge on any atom is -0.392 e. The Labute approximate surface area is 109 Å². The van der Waals surface area contributed by atoms with Gasteiger partial charge in [0.05, 0.1) is 12.2 Å². The highest BCUT2D eigenvalue weighted by molar-refractivity contribution is 5.35. The quantitative estimate of drug-likeness (QED) is 0.885. The highest BCUT2D eigenvalue weighted by atomic mass is 16.5. The first-order valence-corrected chi connectivity index (χ1v) is 7.22. The van der Waals surface area contributed by atoms with E-state index in [9.17, 15) is 5.11 Å². The summed E-state index contributed by atoms with van der Waals surface area (Å²) in [6.07, 6.45) is 6.68. The number of ether oxygens (including phenoxy) is 1. The van der Waals surface area contributed by atoms with Gasteiger partial charge in [-0.25, -0.2) is 0 Å². The summed E-state index contributed by atoms with van der Waals surface area (Å²) in [5, 5.41) is 10.4. The molecule has 18 heavy (non-hydrogen) atoms. The lowest BCUT2D eigenvalue weighted by molar-refractivity contribution is 0.0729. The number of aryl methyl sites for hydroxylation is 1. The standard InChI is InChI=1S/C16H22O2/c17-16(10-8-13-5-3-11-18-13)15-9-7-12-4-1-2-6-14(12)15/h1-2,4,6,13,15-17H,3,5,7-11H2.